The standard InChI is InChI=1S/C7H13NO4/c9-3-5-1-2-6(8-4-10)7(11)12-5/h4-7,9,11H,1-3H2,(H,8,10)/t5-,6+,7+/m0/s1. The van der Waals surface area contributed by atoms with Crippen molar-refractivity contribution < 1.29 is 19.7 Å². The van der Waals surface area contributed by atoms with Crippen molar-refractivity contribution in [3.63, 3.8) is 0 Å². The Labute approximate surface area is 70.3 Å². The number of amides is 1. The molecule has 1 heterocycles. The summed E-state index contributed by atoms with van der Waals surface area (Å²) in [5.74, 6) is 0. The third-order valence-corrected chi connectivity index (χ3v) is 1.96. The van der Waals surface area contributed by atoms with Crippen LogP contribution in [0.3, 0.4) is 0 Å². The first-order chi connectivity index (χ1) is 5.77. The number of hydrogen-bond donors (Lipinski definition) is 3. The highest BCUT2D eigenvalue weighted by Crippen LogP contribution is 2.17. The van der Waals surface area contributed by atoms with Crippen LogP contribution in [0.2, 0.25) is 0 Å². The molecular weight excluding hydrogens is 162 g/mol. The lowest BCUT2D eigenvalue weighted by Gasteiger charge is -2.32. The smallest absolute Gasteiger partial charge is 0.207 e. The average Bonchev–Trinajstić information content (AvgIpc) is 2.09. The van der Waals surface area contributed by atoms with Crippen molar-refractivity contribution in [2.75, 3.05) is 6.61 Å². The fourth-order valence-electron chi connectivity index (χ4n) is 1.26. The van der Waals surface area contributed by atoms with Gasteiger partial charge in [-0.1, -0.05) is 0 Å². The molecule has 3 N–H and O–H groups in total. The molecule has 0 saturated carbocycles. The van der Waals surface area contributed by atoms with Gasteiger partial charge in [0, 0.05) is 0 Å². The zero-order valence-corrected chi connectivity index (χ0v) is 6.64. The Morgan fingerprint density at radius 1 is 1.58 bits per heavy atom. The molecule has 1 aliphatic rings. The summed E-state index contributed by atoms with van der Waals surface area (Å²) < 4.78 is 4.98. The molecule has 1 amide bonds. The average molecular weight is 175 g/mol. The molecule has 0 aromatic heterocycles. The van der Waals surface area contributed by atoms with Crippen LogP contribution in [0, 0.1) is 0 Å². The lowest BCUT2D eigenvalue weighted by Crippen LogP contribution is -2.47. The van der Waals surface area contributed by atoms with E-state index >= 15 is 0 Å². The summed E-state index contributed by atoms with van der Waals surface area (Å²) in [6.07, 6.45) is 0.520. The number of rotatable bonds is 3. The summed E-state index contributed by atoms with van der Waals surface area (Å²) in [6.45, 7) is -0.0924. The Bertz CT molecular complexity index is 152. The van der Waals surface area contributed by atoms with Gasteiger partial charge < -0.3 is 20.3 Å². The van der Waals surface area contributed by atoms with Gasteiger partial charge in [-0.05, 0) is 12.8 Å². The van der Waals surface area contributed by atoms with Gasteiger partial charge in [-0.2, -0.15) is 0 Å². The van der Waals surface area contributed by atoms with Crippen molar-refractivity contribution in [3.8, 4) is 0 Å². The molecular formula is C7H13NO4. The molecule has 1 saturated heterocycles. The van der Waals surface area contributed by atoms with Crippen LogP contribution >= 0.6 is 0 Å². The van der Waals surface area contributed by atoms with Gasteiger partial charge in [0.05, 0.1) is 18.8 Å². The molecule has 0 spiro atoms. The van der Waals surface area contributed by atoms with Gasteiger partial charge in [0.2, 0.25) is 6.41 Å². The molecule has 0 radical (unpaired) electrons. The molecule has 1 aliphatic heterocycles. The second-order valence-electron chi connectivity index (χ2n) is 2.80. The minimum absolute atomic E-state index is 0.0924. The Morgan fingerprint density at radius 3 is 2.83 bits per heavy atom. The Balaban J connectivity index is 2.36. The molecule has 0 aromatic rings. The Morgan fingerprint density at radius 2 is 2.33 bits per heavy atom. The molecule has 70 valence electrons. The SMILES string of the molecule is O=CN[C@@H]1CC[C@@H](CO)O[C@H]1O. The number of aliphatic hydroxyl groups is 2. The summed E-state index contributed by atoms with van der Waals surface area (Å²) in [4.78, 5) is 10.0. The normalized spacial score (nSPS) is 36.0. The summed E-state index contributed by atoms with van der Waals surface area (Å²) in [5, 5.41) is 20.4. The molecule has 0 aromatic carbocycles. The molecule has 0 unspecified atom stereocenters. The van der Waals surface area contributed by atoms with Crippen LogP contribution in [-0.4, -0.2) is 41.7 Å². The predicted octanol–water partition coefficient (Wildman–Crippen LogP) is -1.41. The van der Waals surface area contributed by atoms with Gasteiger partial charge in [0.25, 0.3) is 0 Å². The van der Waals surface area contributed by atoms with E-state index in [1.165, 1.54) is 0 Å². The predicted molar refractivity (Wildman–Crippen MR) is 40.2 cm³/mol. The maximum atomic E-state index is 10.0. The molecule has 5 nitrogen and oxygen atoms in total. The zero-order chi connectivity index (χ0) is 8.97. The van der Waals surface area contributed by atoms with Crippen molar-refractivity contribution >= 4 is 6.41 Å². The van der Waals surface area contributed by atoms with Crippen molar-refractivity contribution in [2.45, 2.75) is 31.3 Å². The lowest BCUT2D eigenvalue weighted by atomic mass is 10.0. The van der Waals surface area contributed by atoms with Crippen LogP contribution in [0.4, 0.5) is 0 Å². The molecule has 3 atom stereocenters. The van der Waals surface area contributed by atoms with E-state index in [-0.39, 0.29) is 18.8 Å². The Hall–Kier alpha value is -0.650. The Kier molecular flexibility index (Phi) is 3.46. The summed E-state index contributed by atoms with van der Waals surface area (Å²) in [5.41, 5.74) is 0. The molecule has 5 heteroatoms. The third-order valence-electron chi connectivity index (χ3n) is 1.96. The van der Waals surface area contributed by atoms with Crippen molar-refractivity contribution in [1.29, 1.82) is 0 Å². The number of hydrogen-bond acceptors (Lipinski definition) is 4. The van der Waals surface area contributed by atoms with Crippen LogP contribution in [0.1, 0.15) is 12.8 Å². The van der Waals surface area contributed by atoms with E-state index in [1.54, 1.807) is 0 Å². The summed E-state index contributed by atoms with van der Waals surface area (Å²) in [6, 6.07) is -0.342. The number of carbonyl (C=O) groups is 1. The minimum Gasteiger partial charge on any atom is -0.394 e. The molecule has 0 aliphatic carbocycles. The molecule has 12 heavy (non-hydrogen) atoms. The van der Waals surface area contributed by atoms with E-state index in [1.807, 2.05) is 0 Å². The highest BCUT2D eigenvalue weighted by atomic mass is 16.6. The van der Waals surface area contributed by atoms with Crippen LogP contribution < -0.4 is 5.32 Å². The van der Waals surface area contributed by atoms with Gasteiger partial charge >= 0.3 is 0 Å². The number of aliphatic hydroxyl groups excluding tert-OH is 2. The first-order valence-electron chi connectivity index (χ1n) is 3.92. The zero-order valence-electron chi connectivity index (χ0n) is 6.64. The maximum Gasteiger partial charge on any atom is 0.207 e. The second-order valence-corrected chi connectivity index (χ2v) is 2.80. The fraction of sp³-hybridized carbons (Fsp3) is 0.857. The largest absolute Gasteiger partial charge is 0.394 e. The first-order valence-corrected chi connectivity index (χ1v) is 3.92. The quantitative estimate of drug-likeness (QED) is 0.460. The van der Waals surface area contributed by atoms with E-state index in [9.17, 15) is 9.90 Å². The highest BCUT2D eigenvalue weighted by molar-refractivity contribution is 5.46. The topological polar surface area (TPSA) is 78.8 Å². The summed E-state index contributed by atoms with van der Waals surface area (Å²) in [7, 11) is 0. The maximum absolute atomic E-state index is 10.0. The first kappa shape index (κ1) is 9.44. The van der Waals surface area contributed by atoms with Crippen molar-refractivity contribution in [3.05, 3.63) is 0 Å². The molecule has 0 bridgehead atoms. The van der Waals surface area contributed by atoms with Gasteiger partial charge in [0.1, 0.15) is 0 Å². The number of carbonyl (C=O) groups excluding carboxylic acids is 1. The van der Waals surface area contributed by atoms with Crippen molar-refractivity contribution in [2.24, 2.45) is 0 Å². The van der Waals surface area contributed by atoms with Crippen LogP contribution in [0.25, 0.3) is 0 Å². The van der Waals surface area contributed by atoms with Crippen LogP contribution in [0.15, 0.2) is 0 Å². The molecule has 1 rings (SSSR count). The van der Waals surface area contributed by atoms with Gasteiger partial charge in [-0.25, -0.2) is 0 Å². The van der Waals surface area contributed by atoms with E-state index in [2.05, 4.69) is 5.32 Å². The highest BCUT2D eigenvalue weighted by Gasteiger charge is 2.28. The van der Waals surface area contributed by atoms with E-state index in [0.717, 1.165) is 0 Å². The van der Waals surface area contributed by atoms with Gasteiger partial charge in [-0.15, -0.1) is 0 Å². The van der Waals surface area contributed by atoms with Crippen LogP contribution in [-0.2, 0) is 9.53 Å². The second kappa shape index (κ2) is 4.39. The van der Waals surface area contributed by atoms with E-state index in [0.29, 0.717) is 19.3 Å². The van der Waals surface area contributed by atoms with Crippen molar-refractivity contribution in [1.82, 2.24) is 5.32 Å². The number of nitrogens with one attached hydrogen (secondary N) is 1. The lowest BCUT2D eigenvalue weighted by molar-refractivity contribution is -0.187. The monoisotopic (exact) mass is 175 g/mol. The van der Waals surface area contributed by atoms with Gasteiger partial charge in [0.15, 0.2) is 6.29 Å². The van der Waals surface area contributed by atoms with Gasteiger partial charge in [-0.3, -0.25) is 4.79 Å². The van der Waals surface area contributed by atoms with Crippen LogP contribution in [0.5, 0.6) is 0 Å². The summed E-state index contributed by atoms with van der Waals surface area (Å²) >= 11 is 0. The molecule has 1 fully saturated rings. The van der Waals surface area contributed by atoms with E-state index in [4.69, 9.17) is 9.84 Å². The minimum atomic E-state index is -0.999. The van der Waals surface area contributed by atoms with E-state index < -0.39 is 6.29 Å². The number of ether oxygens (including phenoxy) is 1. The fourth-order valence-corrected chi connectivity index (χ4v) is 1.26. The third kappa shape index (κ3) is 2.17.